The molecule has 3 rings (SSSR count). The summed E-state index contributed by atoms with van der Waals surface area (Å²) in [5.41, 5.74) is 8.82. The molecule has 0 aliphatic carbocycles. The van der Waals surface area contributed by atoms with Gasteiger partial charge in [0.2, 0.25) is 0 Å². The van der Waals surface area contributed by atoms with E-state index in [-0.39, 0.29) is 0 Å². The molecular formula is C16H16ClN3S. The summed E-state index contributed by atoms with van der Waals surface area (Å²) in [4.78, 5) is 8.13. The Morgan fingerprint density at radius 3 is 2.76 bits per heavy atom. The van der Waals surface area contributed by atoms with Crippen LogP contribution in [0.5, 0.6) is 0 Å². The summed E-state index contributed by atoms with van der Waals surface area (Å²) in [5.74, 6) is 0. The summed E-state index contributed by atoms with van der Waals surface area (Å²) in [5, 5.41) is 1.01. The molecule has 21 heavy (non-hydrogen) atoms. The molecule has 0 unspecified atom stereocenters. The fourth-order valence-electron chi connectivity index (χ4n) is 2.38. The van der Waals surface area contributed by atoms with Crippen molar-refractivity contribution < 1.29 is 0 Å². The van der Waals surface area contributed by atoms with E-state index in [1.807, 2.05) is 36.4 Å². The predicted molar refractivity (Wildman–Crippen MR) is 90.7 cm³/mol. The highest BCUT2D eigenvalue weighted by Gasteiger charge is 2.07. The minimum absolute atomic E-state index is 0.755. The molecule has 0 atom stereocenters. The molecule has 3 nitrogen and oxygen atoms in total. The predicted octanol–water partition coefficient (Wildman–Crippen LogP) is 4.16. The number of para-hydroxylation sites is 1. The Bertz CT molecular complexity index is 769. The lowest BCUT2D eigenvalue weighted by Crippen LogP contribution is -2.17. The van der Waals surface area contributed by atoms with Crippen LogP contribution in [0.15, 0.2) is 42.5 Å². The van der Waals surface area contributed by atoms with Crippen LogP contribution in [0.4, 0.5) is 5.69 Å². The second kappa shape index (κ2) is 6.02. The molecule has 5 heteroatoms. The zero-order chi connectivity index (χ0) is 14.8. The lowest BCUT2D eigenvalue weighted by Gasteiger charge is -2.16. The van der Waals surface area contributed by atoms with E-state index < -0.39 is 0 Å². The lowest BCUT2D eigenvalue weighted by atomic mass is 10.1. The van der Waals surface area contributed by atoms with E-state index in [0.717, 1.165) is 39.7 Å². The van der Waals surface area contributed by atoms with E-state index in [0.29, 0.717) is 0 Å². The first kappa shape index (κ1) is 14.3. The Balaban J connectivity index is 1.78. The molecule has 0 aliphatic rings. The van der Waals surface area contributed by atoms with E-state index >= 15 is 0 Å². The van der Waals surface area contributed by atoms with Crippen LogP contribution < -0.4 is 5.73 Å². The third kappa shape index (κ3) is 3.35. The molecule has 0 spiro atoms. The standard InChI is InChI=1S/C16H16ClN3S/c1-20(10-12-6-7-16(17)21-12)9-11-8-14(18)13-4-2-3-5-15(13)19-11/h2-8H,9-10H2,1H3,(H2,18,19). The largest absolute Gasteiger partial charge is 0.398 e. The number of anilines is 1. The maximum atomic E-state index is 6.11. The van der Waals surface area contributed by atoms with Gasteiger partial charge in [-0.05, 0) is 31.3 Å². The van der Waals surface area contributed by atoms with Gasteiger partial charge in [-0.1, -0.05) is 29.8 Å². The van der Waals surface area contributed by atoms with Gasteiger partial charge in [-0.25, -0.2) is 0 Å². The van der Waals surface area contributed by atoms with Crippen LogP contribution in [0.1, 0.15) is 10.6 Å². The molecule has 3 aromatic rings. The molecule has 0 amide bonds. The molecular weight excluding hydrogens is 302 g/mol. The average Bonchev–Trinajstić information content (AvgIpc) is 2.84. The zero-order valence-corrected chi connectivity index (χ0v) is 13.3. The van der Waals surface area contributed by atoms with E-state index in [1.54, 1.807) is 11.3 Å². The van der Waals surface area contributed by atoms with Gasteiger partial charge >= 0.3 is 0 Å². The molecule has 2 heterocycles. The van der Waals surface area contributed by atoms with Crippen molar-refractivity contribution in [2.75, 3.05) is 12.8 Å². The summed E-state index contributed by atoms with van der Waals surface area (Å²) >= 11 is 7.57. The molecule has 0 fully saturated rings. The topological polar surface area (TPSA) is 42.1 Å². The van der Waals surface area contributed by atoms with E-state index in [9.17, 15) is 0 Å². The number of nitrogen functional groups attached to an aromatic ring is 1. The molecule has 0 bridgehead atoms. The molecule has 0 saturated heterocycles. The monoisotopic (exact) mass is 317 g/mol. The molecule has 1 aromatic carbocycles. The van der Waals surface area contributed by atoms with Crippen molar-refractivity contribution in [3.63, 3.8) is 0 Å². The Morgan fingerprint density at radius 2 is 2.00 bits per heavy atom. The third-order valence-electron chi connectivity index (χ3n) is 3.29. The Morgan fingerprint density at radius 1 is 1.19 bits per heavy atom. The third-order valence-corrected chi connectivity index (χ3v) is 4.50. The van der Waals surface area contributed by atoms with E-state index in [2.05, 4.69) is 23.0 Å². The number of benzene rings is 1. The van der Waals surface area contributed by atoms with Crippen molar-refractivity contribution in [1.29, 1.82) is 0 Å². The van der Waals surface area contributed by atoms with Gasteiger partial charge in [0.25, 0.3) is 0 Å². The fraction of sp³-hybridized carbons (Fsp3) is 0.188. The highest BCUT2D eigenvalue weighted by atomic mass is 35.5. The highest BCUT2D eigenvalue weighted by Crippen LogP contribution is 2.24. The number of aromatic nitrogens is 1. The van der Waals surface area contributed by atoms with Crippen molar-refractivity contribution >= 4 is 39.5 Å². The number of thiophene rings is 1. The molecule has 0 saturated carbocycles. The number of nitrogens with zero attached hydrogens (tertiary/aromatic N) is 2. The number of rotatable bonds is 4. The van der Waals surface area contributed by atoms with Gasteiger partial charge in [0.05, 0.1) is 15.5 Å². The summed E-state index contributed by atoms with van der Waals surface area (Å²) in [6, 6.07) is 13.9. The van der Waals surface area contributed by atoms with E-state index in [1.165, 1.54) is 4.88 Å². The number of hydrogen-bond acceptors (Lipinski definition) is 4. The number of fused-ring (bicyclic) bond motifs is 1. The summed E-state index contributed by atoms with van der Waals surface area (Å²) < 4.78 is 0.825. The van der Waals surface area contributed by atoms with Crippen LogP contribution in [0.2, 0.25) is 4.34 Å². The normalized spacial score (nSPS) is 11.4. The number of nitrogens with two attached hydrogens (primary N) is 1. The van der Waals surface area contributed by atoms with Crippen LogP contribution in [0.25, 0.3) is 10.9 Å². The lowest BCUT2D eigenvalue weighted by molar-refractivity contribution is 0.318. The first-order valence-corrected chi connectivity index (χ1v) is 7.88. The first-order chi connectivity index (χ1) is 10.1. The number of halogens is 1. The van der Waals surface area contributed by atoms with Crippen LogP contribution in [0.3, 0.4) is 0 Å². The molecule has 108 valence electrons. The minimum Gasteiger partial charge on any atom is -0.398 e. The second-order valence-corrected chi connectivity index (χ2v) is 6.90. The van der Waals surface area contributed by atoms with Crippen molar-refractivity contribution in [2.24, 2.45) is 0 Å². The van der Waals surface area contributed by atoms with Crippen molar-refractivity contribution in [3.05, 3.63) is 57.4 Å². The summed E-state index contributed by atoms with van der Waals surface area (Å²) in [7, 11) is 2.07. The maximum Gasteiger partial charge on any atom is 0.0931 e. The number of hydrogen-bond donors (Lipinski definition) is 1. The molecule has 0 radical (unpaired) electrons. The Labute approximate surface area is 133 Å². The van der Waals surface area contributed by atoms with Gasteiger partial charge in [-0.15, -0.1) is 11.3 Å². The Hall–Kier alpha value is -1.62. The van der Waals surface area contributed by atoms with Gasteiger partial charge < -0.3 is 5.73 Å². The van der Waals surface area contributed by atoms with Gasteiger partial charge in [0.1, 0.15) is 0 Å². The van der Waals surface area contributed by atoms with Gasteiger partial charge in [-0.3, -0.25) is 9.88 Å². The van der Waals surface area contributed by atoms with Gasteiger partial charge in [0.15, 0.2) is 0 Å². The quantitative estimate of drug-likeness (QED) is 0.785. The SMILES string of the molecule is CN(Cc1cc(N)c2ccccc2n1)Cc1ccc(Cl)s1. The first-order valence-electron chi connectivity index (χ1n) is 6.69. The molecule has 2 aromatic heterocycles. The average molecular weight is 318 g/mol. The highest BCUT2D eigenvalue weighted by molar-refractivity contribution is 7.16. The van der Waals surface area contributed by atoms with Crippen molar-refractivity contribution in [1.82, 2.24) is 9.88 Å². The van der Waals surface area contributed by atoms with Crippen molar-refractivity contribution in [2.45, 2.75) is 13.1 Å². The Kier molecular flexibility index (Phi) is 4.10. The number of pyridine rings is 1. The van der Waals surface area contributed by atoms with E-state index in [4.69, 9.17) is 17.3 Å². The molecule has 0 aliphatic heterocycles. The van der Waals surface area contributed by atoms with Crippen LogP contribution in [0, 0.1) is 0 Å². The smallest absolute Gasteiger partial charge is 0.0931 e. The molecule has 2 N–H and O–H groups in total. The maximum absolute atomic E-state index is 6.11. The van der Waals surface area contributed by atoms with Crippen molar-refractivity contribution in [3.8, 4) is 0 Å². The second-order valence-electron chi connectivity index (χ2n) is 5.10. The van der Waals surface area contributed by atoms with Gasteiger partial charge in [0, 0.05) is 29.0 Å². The zero-order valence-electron chi connectivity index (χ0n) is 11.7. The van der Waals surface area contributed by atoms with Crippen LogP contribution >= 0.6 is 22.9 Å². The summed E-state index contributed by atoms with van der Waals surface area (Å²) in [6.07, 6.45) is 0. The fourth-order valence-corrected chi connectivity index (χ4v) is 3.54. The summed E-state index contributed by atoms with van der Waals surface area (Å²) in [6.45, 7) is 1.61. The minimum atomic E-state index is 0.755. The van der Waals surface area contributed by atoms with Crippen LogP contribution in [-0.2, 0) is 13.1 Å². The van der Waals surface area contributed by atoms with Gasteiger partial charge in [-0.2, -0.15) is 0 Å². The van der Waals surface area contributed by atoms with Crippen LogP contribution in [-0.4, -0.2) is 16.9 Å².